The van der Waals surface area contributed by atoms with Crippen molar-refractivity contribution in [3.05, 3.63) is 46.9 Å². The van der Waals surface area contributed by atoms with Crippen molar-refractivity contribution < 1.29 is 37.5 Å². The Morgan fingerprint density at radius 2 is 1.97 bits per heavy atom. The van der Waals surface area contributed by atoms with Crippen molar-refractivity contribution >= 4 is 12.4 Å². The van der Waals surface area contributed by atoms with E-state index in [1.807, 2.05) is 0 Å². The molecule has 9 nitrogen and oxygen atoms in total. The molecule has 1 amide bonds. The number of nitrogens with two attached hydrogens (primary N) is 1. The van der Waals surface area contributed by atoms with Gasteiger partial charge < -0.3 is 25.4 Å². The summed E-state index contributed by atoms with van der Waals surface area (Å²) in [4.78, 5) is 26.9. The molecule has 1 saturated carbocycles. The number of likely N-dealkylation sites (tertiary alicyclic amines) is 1. The van der Waals surface area contributed by atoms with Crippen LogP contribution in [0.3, 0.4) is 0 Å². The van der Waals surface area contributed by atoms with Gasteiger partial charge in [0.05, 0.1) is 6.04 Å². The molecule has 1 aliphatic heterocycles. The van der Waals surface area contributed by atoms with Crippen molar-refractivity contribution in [2.24, 2.45) is 5.73 Å². The van der Waals surface area contributed by atoms with Gasteiger partial charge in [-0.1, -0.05) is 5.16 Å². The molecule has 2 heterocycles. The number of benzene rings is 1. The van der Waals surface area contributed by atoms with Gasteiger partial charge in [0.15, 0.2) is 17.5 Å². The van der Waals surface area contributed by atoms with Gasteiger partial charge in [-0.2, -0.15) is 4.98 Å². The second kappa shape index (κ2) is 9.65. The fourth-order valence-electron chi connectivity index (χ4n) is 3.64. The maximum Gasteiger partial charge on any atom is 0.290 e. The molecule has 4 N–H and O–H groups in total. The third kappa shape index (κ3) is 5.25. The van der Waals surface area contributed by atoms with Gasteiger partial charge in [-0.25, -0.2) is 13.2 Å². The molecular formula is C20H23F3N4O5. The van der Waals surface area contributed by atoms with E-state index in [-0.39, 0.29) is 42.7 Å². The molecule has 32 heavy (non-hydrogen) atoms. The summed E-state index contributed by atoms with van der Waals surface area (Å²) in [5, 5.41) is 20.9. The summed E-state index contributed by atoms with van der Waals surface area (Å²) in [5.41, 5.74) is 4.84. The Labute approximate surface area is 181 Å². The van der Waals surface area contributed by atoms with E-state index < -0.39 is 29.1 Å². The summed E-state index contributed by atoms with van der Waals surface area (Å²) in [6.45, 7) is 0.240. The zero-order valence-electron chi connectivity index (χ0n) is 17.0. The van der Waals surface area contributed by atoms with Crippen LogP contribution in [0.1, 0.15) is 55.4 Å². The van der Waals surface area contributed by atoms with Crippen LogP contribution in [0.4, 0.5) is 13.2 Å². The topological polar surface area (TPSA) is 143 Å². The van der Waals surface area contributed by atoms with E-state index >= 15 is 0 Å². The Hall–Kier alpha value is -2.99. The first kappa shape index (κ1) is 23.7. The fraction of sp³-hybridized carbons (Fsp3) is 0.500. The lowest BCUT2D eigenvalue weighted by Gasteiger charge is -2.24. The quantitative estimate of drug-likeness (QED) is 0.441. The molecule has 1 saturated heterocycles. The molecule has 174 valence electrons. The lowest BCUT2D eigenvalue weighted by Crippen LogP contribution is -2.36. The van der Waals surface area contributed by atoms with Crippen molar-refractivity contribution in [1.82, 2.24) is 15.0 Å². The second-order valence-electron chi connectivity index (χ2n) is 7.87. The first-order chi connectivity index (χ1) is 15.2. The minimum atomic E-state index is -1.27. The first-order valence-electron chi connectivity index (χ1n) is 10.0. The Kier molecular flexibility index (Phi) is 7.14. The molecule has 1 aliphatic carbocycles. The largest absolute Gasteiger partial charge is 0.483 e. The average molecular weight is 456 g/mol. The first-order valence-corrected chi connectivity index (χ1v) is 10.0. The van der Waals surface area contributed by atoms with Crippen LogP contribution in [0.2, 0.25) is 0 Å². The second-order valence-corrected chi connectivity index (χ2v) is 7.87. The summed E-state index contributed by atoms with van der Waals surface area (Å²) in [7, 11) is 0. The number of amides is 1. The molecule has 12 heteroatoms. The van der Waals surface area contributed by atoms with E-state index in [1.54, 1.807) is 4.90 Å². The smallest absolute Gasteiger partial charge is 0.290 e. The molecule has 2 unspecified atom stereocenters. The molecule has 1 aromatic carbocycles. The number of halogens is 3. The predicted octanol–water partition coefficient (Wildman–Crippen LogP) is 1.79. The van der Waals surface area contributed by atoms with Crippen molar-refractivity contribution in [2.75, 3.05) is 6.54 Å². The summed E-state index contributed by atoms with van der Waals surface area (Å²) in [6, 6.07) is 0.0831. The Bertz CT molecular complexity index is 982. The van der Waals surface area contributed by atoms with Crippen molar-refractivity contribution in [3.63, 3.8) is 0 Å². The summed E-state index contributed by atoms with van der Waals surface area (Å²) in [6.07, 6.45) is 2.33. The fourth-order valence-corrected chi connectivity index (χ4v) is 3.64. The van der Waals surface area contributed by atoms with Crippen LogP contribution in [0, 0.1) is 17.5 Å². The van der Waals surface area contributed by atoms with Crippen molar-refractivity contribution in [1.29, 1.82) is 0 Å². The van der Waals surface area contributed by atoms with Crippen LogP contribution in [0.15, 0.2) is 16.7 Å². The van der Waals surface area contributed by atoms with Crippen LogP contribution >= 0.6 is 0 Å². The van der Waals surface area contributed by atoms with Crippen LogP contribution < -0.4 is 5.73 Å². The van der Waals surface area contributed by atoms with E-state index in [0.29, 0.717) is 37.7 Å². The van der Waals surface area contributed by atoms with Crippen LogP contribution in [-0.2, 0) is 21.6 Å². The number of carboxylic acid groups (broad SMARTS) is 1. The third-order valence-corrected chi connectivity index (χ3v) is 5.44. The monoisotopic (exact) mass is 456 g/mol. The summed E-state index contributed by atoms with van der Waals surface area (Å²) >= 11 is 0. The minimum absolute atomic E-state index is 0.0809. The molecule has 2 aliphatic rings. The van der Waals surface area contributed by atoms with E-state index in [0.717, 1.165) is 12.5 Å². The van der Waals surface area contributed by atoms with Crippen LogP contribution in [0.5, 0.6) is 0 Å². The van der Waals surface area contributed by atoms with Gasteiger partial charge in [0.1, 0.15) is 11.4 Å². The Morgan fingerprint density at radius 1 is 1.31 bits per heavy atom. The maximum atomic E-state index is 13.8. The van der Waals surface area contributed by atoms with Gasteiger partial charge in [0.25, 0.3) is 12.4 Å². The molecule has 2 aromatic rings. The molecule has 0 spiro atoms. The molecule has 2 fully saturated rings. The SMILES string of the molecule is NC(CC(=O)N1CCCC1c1noc(C2(O)CC2)n1)Cc1cc(F)c(F)cc1F.O=CO. The number of rotatable bonds is 6. The number of carbonyl (C=O) groups is 2. The Balaban J connectivity index is 0.000000913. The van der Waals surface area contributed by atoms with E-state index in [4.69, 9.17) is 20.2 Å². The normalized spacial score (nSPS) is 19.8. The zero-order chi connectivity index (χ0) is 23.5. The van der Waals surface area contributed by atoms with Gasteiger partial charge in [0.2, 0.25) is 5.91 Å². The van der Waals surface area contributed by atoms with Crippen molar-refractivity contribution in [3.8, 4) is 0 Å². The van der Waals surface area contributed by atoms with Crippen LogP contribution in [-0.4, -0.2) is 50.2 Å². The van der Waals surface area contributed by atoms with E-state index in [1.165, 1.54) is 0 Å². The number of nitrogens with zero attached hydrogens (tertiary/aromatic N) is 3. The molecule has 1 aromatic heterocycles. The average Bonchev–Trinajstić information content (AvgIpc) is 3.13. The molecule has 4 rings (SSSR count). The summed E-state index contributed by atoms with van der Waals surface area (Å²) in [5.74, 6) is -3.10. The highest BCUT2D eigenvalue weighted by Gasteiger charge is 2.48. The standard InChI is InChI=1S/C19H21F3N4O3.CH2O2/c20-12-9-14(22)13(21)7-10(12)6-11(23)8-16(27)26-5-1-2-15(26)17-24-18(29-25-17)19(28)3-4-19;2-1-3/h7,9,11,15,28H,1-6,8,23H2;1H,(H,2,3). The third-order valence-electron chi connectivity index (χ3n) is 5.44. The zero-order valence-corrected chi connectivity index (χ0v) is 17.0. The highest BCUT2D eigenvalue weighted by molar-refractivity contribution is 5.77. The van der Waals surface area contributed by atoms with Gasteiger partial charge in [-0.05, 0) is 43.7 Å². The lowest BCUT2D eigenvalue weighted by atomic mass is 10.0. The lowest BCUT2D eigenvalue weighted by molar-refractivity contribution is -0.132. The van der Waals surface area contributed by atoms with Gasteiger partial charge in [-0.15, -0.1) is 0 Å². The Morgan fingerprint density at radius 3 is 2.62 bits per heavy atom. The minimum Gasteiger partial charge on any atom is -0.483 e. The van der Waals surface area contributed by atoms with E-state index in [9.17, 15) is 23.1 Å². The number of hydrogen-bond donors (Lipinski definition) is 3. The molecule has 2 atom stereocenters. The van der Waals surface area contributed by atoms with E-state index in [2.05, 4.69) is 10.1 Å². The summed E-state index contributed by atoms with van der Waals surface area (Å²) < 4.78 is 45.4. The van der Waals surface area contributed by atoms with Crippen LogP contribution in [0.25, 0.3) is 0 Å². The number of aliphatic hydroxyl groups is 1. The molecule has 0 bridgehead atoms. The molecular weight excluding hydrogens is 433 g/mol. The van der Waals surface area contributed by atoms with Crippen molar-refractivity contribution in [2.45, 2.75) is 56.2 Å². The number of carbonyl (C=O) groups excluding carboxylic acids is 1. The van der Waals surface area contributed by atoms with Gasteiger partial charge in [-0.3, -0.25) is 9.59 Å². The maximum absolute atomic E-state index is 13.8. The highest BCUT2D eigenvalue weighted by Crippen LogP contribution is 2.45. The highest BCUT2D eigenvalue weighted by atomic mass is 19.2. The predicted molar refractivity (Wildman–Crippen MR) is 102 cm³/mol. The molecule has 0 radical (unpaired) electrons. The number of aromatic nitrogens is 2. The number of hydrogen-bond acceptors (Lipinski definition) is 7. The van der Waals surface area contributed by atoms with Gasteiger partial charge >= 0.3 is 0 Å². The van der Waals surface area contributed by atoms with Gasteiger partial charge in [0, 0.05) is 25.1 Å².